The van der Waals surface area contributed by atoms with Crippen LogP contribution in [-0.4, -0.2) is 17.4 Å². The summed E-state index contributed by atoms with van der Waals surface area (Å²) in [6.45, 7) is 0. The first-order valence-corrected chi connectivity index (χ1v) is 7.73. The Bertz CT molecular complexity index is 988. The number of hydrogen-bond acceptors (Lipinski definition) is 4. The SMILES string of the molecule is Nc1ccc2[nH]c(=O)n(S(=O)(=O)c3ccc(Cl)cc3)c2c1. The van der Waals surface area contributed by atoms with E-state index in [0.29, 0.717) is 20.2 Å². The summed E-state index contributed by atoms with van der Waals surface area (Å²) in [6.07, 6.45) is 0. The summed E-state index contributed by atoms with van der Waals surface area (Å²) >= 11 is 5.75. The summed E-state index contributed by atoms with van der Waals surface area (Å²) < 4.78 is 25.9. The molecule has 0 saturated carbocycles. The highest BCUT2D eigenvalue weighted by molar-refractivity contribution is 7.90. The molecule has 0 aliphatic heterocycles. The van der Waals surface area contributed by atoms with Crippen molar-refractivity contribution < 1.29 is 8.42 Å². The zero-order valence-corrected chi connectivity index (χ0v) is 12.1. The lowest BCUT2D eigenvalue weighted by Crippen LogP contribution is -2.25. The molecule has 3 aromatic rings. The van der Waals surface area contributed by atoms with Gasteiger partial charge < -0.3 is 10.7 Å². The number of aromatic nitrogens is 2. The van der Waals surface area contributed by atoms with Crippen molar-refractivity contribution in [3.63, 3.8) is 0 Å². The number of nitrogens with zero attached hydrogens (tertiary/aromatic N) is 1. The molecule has 3 rings (SSSR count). The van der Waals surface area contributed by atoms with Gasteiger partial charge in [-0.1, -0.05) is 11.6 Å². The number of aromatic amines is 1. The molecule has 1 aromatic heterocycles. The fourth-order valence-corrected chi connectivity index (χ4v) is 3.54. The Kier molecular flexibility index (Phi) is 3.03. The number of nitrogens with one attached hydrogen (secondary N) is 1. The number of nitrogens with two attached hydrogens (primary N) is 1. The number of fused-ring (bicyclic) bond motifs is 1. The Morgan fingerprint density at radius 3 is 2.43 bits per heavy atom. The van der Waals surface area contributed by atoms with Crippen LogP contribution in [-0.2, 0) is 10.0 Å². The second-order valence-corrected chi connectivity index (χ2v) is 6.65. The normalized spacial score (nSPS) is 11.9. The summed E-state index contributed by atoms with van der Waals surface area (Å²) in [5.74, 6) is 0. The molecule has 0 unspecified atom stereocenters. The molecule has 108 valence electrons. The van der Waals surface area contributed by atoms with E-state index in [4.69, 9.17) is 17.3 Å². The maximum Gasteiger partial charge on any atom is 0.340 e. The van der Waals surface area contributed by atoms with Gasteiger partial charge >= 0.3 is 5.69 Å². The highest BCUT2D eigenvalue weighted by atomic mass is 35.5. The van der Waals surface area contributed by atoms with Crippen LogP contribution in [0.1, 0.15) is 0 Å². The summed E-state index contributed by atoms with van der Waals surface area (Å²) in [6, 6.07) is 10.1. The predicted molar refractivity (Wildman–Crippen MR) is 81.0 cm³/mol. The summed E-state index contributed by atoms with van der Waals surface area (Å²) in [5.41, 5.74) is 5.88. The molecule has 0 atom stereocenters. The van der Waals surface area contributed by atoms with Gasteiger partial charge in [0.1, 0.15) is 0 Å². The third kappa shape index (κ3) is 2.20. The lowest BCUT2D eigenvalue weighted by molar-refractivity contribution is 0.587. The van der Waals surface area contributed by atoms with Crippen molar-refractivity contribution in [1.82, 2.24) is 8.96 Å². The maximum atomic E-state index is 12.6. The molecule has 0 amide bonds. The van der Waals surface area contributed by atoms with Gasteiger partial charge in [-0.05, 0) is 42.5 Å². The number of anilines is 1. The van der Waals surface area contributed by atoms with E-state index >= 15 is 0 Å². The van der Waals surface area contributed by atoms with E-state index in [1.165, 1.54) is 30.3 Å². The van der Waals surface area contributed by atoms with E-state index in [0.717, 1.165) is 0 Å². The van der Waals surface area contributed by atoms with Crippen molar-refractivity contribution in [3.8, 4) is 0 Å². The molecule has 2 aromatic carbocycles. The van der Waals surface area contributed by atoms with Gasteiger partial charge in [0.25, 0.3) is 10.0 Å². The van der Waals surface area contributed by atoms with Crippen LogP contribution in [0.15, 0.2) is 52.2 Å². The zero-order valence-electron chi connectivity index (χ0n) is 10.6. The first-order chi connectivity index (χ1) is 9.89. The number of hydrogen-bond donors (Lipinski definition) is 2. The molecule has 8 heteroatoms. The number of H-pyrrole nitrogens is 1. The molecule has 0 radical (unpaired) electrons. The van der Waals surface area contributed by atoms with E-state index in [-0.39, 0.29) is 10.4 Å². The molecular weight excluding hydrogens is 314 g/mol. The van der Waals surface area contributed by atoms with E-state index in [1.807, 2.05) is 0 Å². The Balaban J connectivity index is 2.33. The van der Waals surface area contributed by atoms with Crippen molar-refractivity contribution in [3.05, 3.63) is 58.0 Å². The van der Waals surface area contributed by atoms with Gasteiger partial charge in [0, 0.05) is 10.7 Å². The summed E-state index contributed by atoms with van der Waals surface area (Å²) in [4.78, 5) is 14.5. The summed E-state index contributed by atoms with van der Waals surface area (Å²) in [7, 11) is -4.03. The predicted octanol–water partition coefficient (Wildman–Crippen LogP) is 1.80. The minimum absolute atomic E-state index is 0.0303. The van der Waals surface area contributed by atoms with Gasteiger partial charge in [-0.15, -0.1) is 0 Å². The Hall–Kier alpha value is -2.25. The average Bonchev–Trinajstić information content (AvgIpc) is 2.75. The van der Waals surface area contributed by atoms with E-state index in [2.05, 4.69) is 4.98 Å². The van der Waals surface area contributed by atoms with Crippen molar-refractivity contribution in [2.75, 3.05) is 5.73 Å². The topological polar surface area (TPSA) is 97.9 Å². The largest absolute Gasteiger partial charge is 0.399 e. The van der Waals surface area contributed by atoms with Crippen LogP contribution in [0.4, 0.5) is 5.69 Å². The molecular formula is C13H10ClN3O3S. The fraction of sp³-hybridized carbons (Fsp3) is 0. The van der Waals surface area contributed by atoms with Crippen molar-refractivity contribution in [1.29, 1.82) is 0 Å². The van der Waals surface area contributed by atoms with Crippen LogP contribution in [0.5, 0.6) is 0 Å². The molecule has 0 aliphatic rings. The highest BCUT2D eigenvalue weighted by Gasteiger charge is 2.22. The van der Waals surface area contributed by atoms with Crippen molar-refractivity contribution in [2.45, 2.75) is 4.90 Å². The molecule has 0 fully saturated rings. The molecule has 1 heterocycles. The minimum Gasteiger partial charge on any atom is -0.399 e. The van der Waals surface area contributed by atoms with Crippen LogP contribution in [0.25, 0.3) is 11.0 Å². The molecule has 6 nitrogen and oxygen atoms in total. The number of nitrogen functional groups attached to an aromatic ring is 1. The van der Waals surface area contributed by atoms with Crippen LogP contribution < -0.4 is 11.4 Å². The first-order valence-electron chi connectivity index (χ1n) is 5.91. The molecule has 0 aliphatic carbocycles. The standard InChI is InChI=1S/C13H10ClN3O3S/c14-8-1-4-10(5-2-8)21(19,20)17-12-7-9(15)3-6-11(12)16-13(17)18/h1-7H,15H2,(H,16,18). The number of rotatable bonds is 2. The van der Waals surface area contributed by atoms with Gasteiger partial charge in [0.05, 0.1) is 15.9 Å². The molecule has 0 bridgehead atoms. The van der Waals surface area contributed by atoms with Crippen molar-refractivity contribution in [2.24, 2.45) is 0 Å². The zero-order chi connectivity index (χ0) is 15.2. The lowest BCUT2D eigenvalue weighted by atomic mass is 10.3. The van der Waals surface area contributed by atoms with Gasteiger partial charge in [-0.3, -0.25) is 0 Å². The highest BCUT2D eigenvalue weighted by Crippen LogP contribution is 2.21. The van der Waals surface area contributed by atoms with E-state index in [9.17, 15) is 13.2 Å². The van der Waals surface area contributed by atoms with Gasteiger partial charge in [-0.25, -0.2) is 13.2 Å². The molecule has 0 spiro atoms. The van der Waals surface area contributed by atoms with E-state index in [1.54, 1.807) is 12.1 Å². The second-order valence-electron chi connectivity index (χ2n) is 4.43. The monoisotopic (exact) mass is 323 g/mol. The van der Waals surface area contributed by atoms with Gasteiger partial charge in [0.2, 0.25) is 0 Å². The fourth-order valence-electron chi connectivity index (χ4n) is 2.05. The minimum atomic E-state index is -4.03. The summed E-state index contributed by atoms with van der Waals surface area (Å²) in [5, 5.41) is 0.407. The number of halogens is 1. The maximum absolute atomic E-state index is 12.6. The smallest absolute Gasteiger partial charge is 0.340 e. The molecule has 21 heavy (non-hydrogen) atoms. The van der Waals surface area contributed by atoms with Gasteiger partial charge in [-0.2, -0.15) is 3.97 Å². The van der Waals surface area contributed by atoms with Crippen LogP contribution >= 0.6 is 11.6 Å². The Morgan fingerprint density at radius 1 is 1.10 bits per heavy atom. The van der Waals surface area contributed by atoms with Crippen LogP contribution in [0, 0.1) is 0 Å². The quantitative estimate of drug-likeness (QED) is 0.703. The third-order valence-corrected chi connectivity index (χ3v) is 4.98. The van der Waals surface area contributed by atoms with Crippen LogP contribution in [0.2, 0.25) is 5.02 Å². The van der Waals surface area contributed by atoms with Gasteiger partial charge in [0.15, 0.2) is 0 Å². The lowest BCUT2D eigenvalue weighted by Gasteiger charge is -2.06. The first kappa shape index (κ1) is 13.7. The third-order valence-electron chi connectivity index (χ3n) is 3.02. The average molecular weight is 324 g/mol. The number of imidazole rings is 1. The molecule has 0 saturated heterocycles. The van der Waals surface area contributed by atoms with Crippen LogP contribution in [0.3, 0.4) is 0 Å². The van der Waals surface area contributed by atoms with E-state index < -0.39 is 15.7 Å². The number of benzene rings is 2. The Morgan fingerprint density at radius 2 is 1.76 bits per heavy atom. The second kappa shape index (κ2) is 4.64. The van der Waals surface area contributed by atoms with Crippen molar-refractivity contribution >= 4 is 38.3 Å². The molecule has 3 N–H and O–H groups in total. The Labute approximate surface area is 124 Å².